The average molecular weight is 723 g/mol. The molecule has 0 unspecified atom stereocenters. The van der Waals surface area contributed by atoms with Gasteiger partial charge in [-0.1, -0.05) is 113 Å². The van der Waals surface area contributed by atoms with Crippen molar-refractivity contribution < 1.29 is 17.7 Å². The highest BCUT2D eigenvalue weighted by Gasteiger charge is 2.48. The van der Waals surface area contributed by atoms with Crippen molar-refractivity contribution in [2.24, 2.45) is 0 Å². The first-order chi connectivity index (χ1) is 27.3. The standard InChI is InChI=1S/C52H34O4/c1-51(2)35-25-33(41-23-27-13-5-9-17-37(27)53-41)49-45(29-15-7-11-19-39(29)55-49)43(35)31-21-22-32-44-36(52(3,4)48(32)47(31)51)26-34(42-24-28-14-6-10-18-38(28)54-42)50-46(44)30-16-8-12-20-40(30)56-50/h5-26H,1-4H3. The SMILES string of the molecule is CC1(C)c2cc(-c3cc4ccccc4o3)c3oc4ccccc4c3c2-c2ccc3c(c21)C(C)(C)c1cc(-c2cc4ccccc4o2)c2oc4ccccc4c2c1-3. The van der Waals surface area contributed by atoms with Crippen LogP contribution in [0.15, 0.2) is 151 Å². The Balaban J connectivity index is 1.12. The summed E-state index contributed by atoms with van der Waals surface area (Å²) in [7, 11) is 0. The van der Waals surface area contributed by atoms with Crippen molar-refractivity contribution in [3.05, 3.63) is 156 Å². The average Bonchev–Trinajstić information content (AvgIpc) is 4.05. The van der Waals surface area contributed by atoms with Crippen molar-refractivity contribution in [1.29, 1.82) is 0 Å². The lowest BCUT2D eigenvalue weighted by Gasteiger charge is -2.31. The van der Waals surface area contributed by atoms with Crippen LogP contribution in [0.2, 0.25) is 0 Å². The van der Waals surface area contributed by atoms with Gasteiger partial charge >= 0.3 is 0 Å². The van der Waals surface area contributed by atoms with E-state index >= 15 is 0 Å². The van der Waals surface area contributed by atoms with E-state index in [1.807, 2.05) is 24.3 Å². The van der Waals surface area contributed by atoms with Gasteiger partial charge in [-0.3, -0.25) is 0 Å². The Kier molecular flexibility index (Phi) is 5.50. The fourth-order valence-corrected chi connectivity index (χ4v) is 10.5. The van der Waals surface area contributed by atoms with E-state index in [-0.39, 0.29) is 10.8 Å². The van der Waals surface area contributed by atoms with Crippen molar-refractivity contribution in [2.45, 2.75) is 38.5 Å². The molecule has 0 spiro atoms. The van der Waals surface area contributed by atoms with Crippen LogP contribution in [0, 0.1) is 0 Å². The van der Waals surface area contributed by atoms with Crippen LogP contribution in [-0.4, -0.2) is 0 Å². The van der Waals surface area contributed by atoms with Gasteiger partial charge in [0, 0.05) is 43.1 Å². The lowest BCUT2D eigenvalue weighted by Crippen LogP contribution is -2.24. The number of hydrogen-bond acceptors (Lipinski definition) is 4. The first-order valence-corrected chi connectivity index (χ1v) is 19.4. The zero-order valence-corrected chi connectivity index (χ0v) is 31.3. The molecule has 0 fully saturated rings. The Labute approximate surface area is 321 Å². The smallest absolute Gasteiger partial charge is 0.147 e. The van der Waals surface area contributed by atoms with E-state index < -0.39 is 0 Å². The molecule has 4 nitrogen and oxygen atoms in total. The van der Waals surface area contributed by atoms with E-state index in [2.05, 4.69) is 137 Å². The molecule has 2 aliphatic rings. The summed E-state index contributed by atoms with van der Waals surface area (Å²) in [6.45, 7) is 9.60. The molecule has 13 rings (SSSR count). The molecule has 0 saturated carbocycles. The second kappa shape index (κ2) is 10.1. The molecule has 0 atom stereocenters. The number of para-hydroxylation sites is 4. The van der Waals surface area contributed by atoms with Gasteiger partial charge in [0.1, 0.15) is 45.0 Å². The second-order valence-electron chi connectivity index (χ2n) is 16.8. The summed E-state index contributed by atoms with van der Waals surface area (Å²) in [6, 6.07) is 47.0. The predicted octanol–water partition coefficient (Wildman–Crippen LogP) is 14.9. The second-order valence-corrected chi connectivity index (χ2v) is 16.8. The van der Waals surface area contributed by atoms with Crippen LogP contribution >= 0.6 is 0 Å². The van der Waals surface area contributed by atoms with E-state index in [4.69, 9.17) is 17.7 Å². The first kappa shape index (κ1) is 30.5. The molecule has 266 valence electrons. The number of hydrogen-bond donors (Lipinski definition) is 0. The van der Waals surface area contributed by atoms with Gasteiger partial charge in [-0.2, -0.15) is 0 Å². The summed E-state index contributed by atoms with van der Waals surface area (Å²) in [5, 5.41) is 6.67. The fourth-order valence-electron chi connectivity index (χ4n) is 10.5. The third-order valence-electron chi connectivity index (χ3n) is 13.0. The molecule has 4 heterocycles. The molecule has 4 aromatic heterocycles. The molecule has 2 aliphatic carbocycles. The topological polar surface area (TPSA) is 52.6 Å². The van der Waals surface area contributed by atoms with Gasteiger partial charge in [0.05, 0.1) is 11.1 Å². The Morgan fingerprint density at radius 3 is 1.20 bits per heavy atom. The van der Waals surface area contributed by atoms with E-state index in [9.17, 15) is 0 Å². The molecule has 0 radical (unpaired) electrons. The quantitative estimate of drug-likeness (QED) is 0.178. The maximum Gasteiger partial charge on any atom is 0.147 e. The highest BCUT2D eigenvalue weighted by Crippen LogP contribution is 2.63. The fraction of sp³-hybridized carbons (Fsp3) is 0.115. The first-order valence-electron chi connectivity index (χ1n) is 19.4. The van der Waals surface area contributed by atoms with E-state index in [1.165, 1.54) is 44.5 Å². The lowest BCUT2D eigenvalue weighted by atomic mass is 9.72. The summed E-state index contributed by atoms with van der Waals surface area (Å²) in [5.41, 5.74) is 16.8. The minimum absolute atomic E-state index is 0.345. The van der Waals surface area contributed by atoms with Gasteiger partial charge in [0.2, 0.25) is 0 Å². The number of furan rings is 4. The number of rotatable bonds is 2. The highest BCUT2D eigenvalue weighted by atomic mass is 16.4. The molecular weight excluding hydrogens is 689 g/mol. The van der Waals surface area contributed by atoms with Crippen LogP contribution < -0.4 is 0 Å². The summed E-state index contributed by atoms with van der Waals surface area (Å²) in [5.74, 6) is 1.63. The molecule has 4 heteroatoms. The van der Waals surface area contributed by atoms with Gasteiger partial charge in [-0.25, -0.2) is 0 Å². The summed E-state index contributed by atoms with van der Waals surface area (Å²) in [4.78, 5) is 0. The Morgan fingerprint density at radius 2 is 0.768 bits per heavy atom. The van der Waals surface area contributed by atoms with Crippen LogP contribution in [0.1, 0.15) is 49.9 Å². The van der Waals surface area contributed by atoms with Crippen molar-refractivity contribution >= 4 is 65.8 Å². The molecule has 0 amide bonds. The molecule has 0 N–H and O–H groups in total. The highest BCUT2D eigenvalue weighted by molar-refractivity contribution is 6.21. The van der Waals surface area contributed by atoms with Crippen LogP contribution in [0.25, 0.3) is 111 Å². The monoisotopic (exact) mass is 722 g/mol. The van der Waals surface area contributed by atoms with E-state index in [0.29, 0.717) is 0 Å². The molecule has 56 heavy (non-hydrogen) atoms. The van der Waals surface area contributed by atoms with Gasteiger partial charge in [0.15, 0.2) is 0 Å². The van der Waals surface area contributed by atoms with Crippen molar-refractivity contribution in [2.75, 3.05) is 0 Å². The van der Waals surface area contributed by atoms with Crippen molar-refractivity contribution in [1.82, 2.24) is 0 Å². The summed E-state index contributed by atoms with van der Waals surface area (Å²) < 4.78 is 26.8. The Bertz CT molecular complexity index is 3240. The minimum atomic E-state index is -0.345. The summed E-state index contributed by atoms with van der Waals surface area (Å²) in [6.07, 6.45) is 0. The van der Waals surface area contributed by atoms with Crippen molar-refractivity contribution in [3.8, 4) is 44.9 Å². The maximum absolute atomic E-state index is 6.80. The largest absolute Gasteiger partial charge is 0.456 e. The molecule has 0 aliphatic heterocycles. The summed E-state index contributed by atoms with van der Waals surface area (Å²) >= 11 is 0. The molecule has 11 aromatic rings. The predicted molar refractivity (Wildman–Crippen MR) is 227 cm³/mol. The molecular formula is C52H34O4. The third kappa shape index (κ3) is 3.65. The lowest BCUT2D eigenvalue weighted by molar-refractivity contribution is 0.599. The van der Waals surface area contributed by atoms with Crippen molar-refractivity contribution in [3.63, 3.8) is 0 Å². The molecule has 0 saturated heterocycles. The maximum atomic E-state index is 6.80. The van der Waals surface area contributed by atoms with Crippen LogP contribution in [0.3, 0.4) is 0 Å². The molecule has 7 aromatic carbocycles. The zero-order chi connectivity index (χ0) is 37.2. The number of fused-ring (bicyclic) bond motifs is 17. The Morgan fingerprint density at radius 1 is 0.375 bits per heavy atom. The van der Waals surface area contributed by atoms with Crippen LogP contribution in [0.4, 0.5) is 0 Å². The van der Waals surface area contributed by atoms with Gasteiger partial charge < -0.3 is 17.7 Å². The zero-order valence-electron chi connectivity index (χ0n) is 31.3. The van der Waals surface area contributed by atoms with Gasteiger partial charge in [-0.15, -0.1) is 0 Å². The van der Waals surface area contributed by atoms with E-state index in [1.54, 1.807) is 0 Å². The van der Waals surface area contributed by atoms with Gasteiger partial charge in [-0.05, 0) is 93.0 Å². The molecule has 0 bridgehead atoms. The van der Waals surface area contributed by atoms with E-state index in [0.717, 1.165) is 88.5 Å². The van der Waals surface area contributed by atoms with Crippen LogP contribution in [0.5, 0.6) is 0 Å². The minimum Gasteiger partial charge on any atom is -0.456 e. The Hall–Kier alpha value is -6.78. The normalized spacial score (nSPS) is 15.1. The van der Waals surface area contributed by atoms with Crippen LogP contribution in [-0.2, 0) is 10.8 Å². The third-order valence-corrected chi connectivity index (χ3v) is 13.0. The number of benzene rings is 7. The van der Waals surface area contributed by atoms with Gasteiger partial charge in [0.25, 0.3) is 0 Å².